The van der Waals surface area contributed by atoms with E-state index in [1.807, 2.05) is 12.1 Å². The van der Waals surface area contributed by atoms with Crippen molar-refractivity contribution in [2.75, 3.05) is 6.54 Å². The Hall–Kier alpha value is -0.860. The van der Waals surface area contributed by atoms with Crippen LogP contribution >= 0.6 is 12.4 Å². The molecule has 0 radical (unpaired) electrons. The second-order valence-corrected chi connectivity index (χ2v) is 3.94. The highest BCUT2D eigenvalue weighted by Gasteiger charge is 2.08. The molecule has 3 heteroatoms. The first-order valence-electron chi connectivity index (χ1n) is 5.52. The van der Waals surface area contributed by atoms with Gasteiger partial charge in [0.25, 0.3) is 0 Å². The standard InChI is InChI=1S/C13H16FN.ClH/c14-13-7-2-1-5-11(13)8-9-12-6-3-4-10-15-12;/h1-2,5,7-9,12,15H,3-4,6,10H2;1H/b9-8+;. The first-order valence-corrected chi connectivity index (χ1v) is 5.52. The van der Waals surface area contributed by atoms with E-state index in [1.165, 1.54) is 18.9 Å². The predicted molar refractivity (Wildman–Crippen MR) is 68.3 cm³/mol. The van der Waals surface area contributed by atoms with E-state index in [0.717, 1.165) is 13.0 Å². The molecular weight excluding hydrogens is 225 g/mol. The van der Waals surface area contributed by atoms with Crippen LogP contribution in [0.15, 0.2) is 30.3 Å². The molecule has 1 unspecified atom stereocenters. The number of benzene rings is 1. The fraction of sp³-hybridized carbons (Fsp3) is 0.385. The van der Waals surface area contributed by atoms with E-state index in [1.54, 1.807) is 12.1 Å². The van der Waals surface area contributed by atoms with E-state index in [2.05, 4.69) is 11.4 Å². The van der Waals surface area contributed by atoms with Crippen LogP contribution in [0.25, 0.3) is 6.08 Å². The van der Waals surface area contributed by atoms with Crippen molar-refractivity contribution >= 4 is 18.5 Å². The monoisotopic (exact) mass is 241 g/mol. The van der Waals surface area contributed by atoms with Gasteiger partial charge in [-0.25, -0.2) is 4.39 Å². The van der Waals surface area contributed by atoms with Gasteiger partial charge in [-0.2, -0.15) is 0 Å². The number of hydrogen-bond acceptors (Lipinski definition) is 1. The smallest absolute Gasteiger partial charge is 0.130 e. The fourth-order valence-corrected chi connectivity index (χ4v) is 1.87. The summed E-state index contributed by atoms with van der Waals surface area (Å²) in [6.07, 6.45) is 7.62. The van der Waals surface area contributed by atoms with Gasteiger partial charge in [0.15, 0.2) is 0 Å². The van der Waals surface area contributed by atoms with E-state index in [0.29, 0.717) is 11.6 Å². The molecule has 1 aromatic carbocycles. The zero-order valence-corrected chi connectivity index (χ0v) is 9.97. The maximum Gasteiger partial charge on any atom is 0.130 e. The predicted octanol–water partition coefficient (Wildman–Crippen LogP) is 3.40. The molecule has 1 atom stereocenters. The highest BCUT2D eigenvalue weighted by molar-refractivity contribution is 5.85. The van der Waals surface area contributed by atoms with Gasteiger partial charge in [0, 0.05) is 11.6 Å². The van der Waals surface area contributed by atoms with Crippen molar-refractivity contribution in [1.29, 1.82) is 0 Å². The summed E-state index contributed by atoms with van der Waals surface area (Å²) >= 11 is 0. The minimum atomic E-state index is -0.149. The Bertz CT molecular complexity index is 346. The third-order valence-electron chi connectivity index (χ3n) is 2.76. The highest BCUT2D eigenvalue weighted by Crippen LogP contribution is 2.12. The van der Waals surface area contributed by atoms with Crippen LogP contribution < -0.4 is 5.32 Å². The highest BCUT2D eigenvalue weighted by atomic mass is 35.5. The van der Waals surface area contributed by atoms with Gasteiger partial charge < -0.3 is 5.32 Å². The van der Waals surface area contributed by atoms with Gasteiger partial charge in [0.05, 0.1) is 0 Å². The molecule has 1 aromatic rings. The van der Waals surface area contributed by atoms with E-state index in [-0.39, 0.29) is 18.2 Å². The summed E-state index contributed by atoms with van der Waals surface area (Å²) < 4.78 is 13.3. The molecule has 0 aromatic heterocycles. The van der Waals surface area contributed by atoms with Gasteiger partial charge in [0.2, 0.25) is 0 Å². The van der Waals surface area contributed by atoms with Crippen molar-refractivity contribution in [3.8, 4) is 0 Å². The maximum atomic E-state index is 13.3. The molecule has 0 bridgehead atoms. The number of halogens is 2. The van der Waals surface area contributed by atoms with Crippen molar-refractivity contribution in [3.05, 3.63) is 41.7 Å². The van der Waals surface area contributed by atoms with Crippen LogP contribution in [-0.4, -0.2) is 12.6 Å². The normalized spacial score (nSPS) is 20.7. The number of nitrogens with one attached hydrogen (secondary N) is 1. The van der Waals surface area contributed by atoms with Crippen LogP contribution in [0.2, 0.25) is 0 Å². The molecule has 1 aliphatic heterocycles. The molecule has 0 amide bonds. The summed E-state index contributed by atoms with van der Waals surface area (Å²) in [5.74, 6) is -0.149. The lowest BCUT2D eigenvalue weighted by molar-refractivity contribution is 0.455. The molecule has 1 nitrogen and oxygen atoms in total. The maximum absolute atomic E-state index is 13.3. The minimum absolute atomic E-state index is 0. The van der Waals surface area contributed by atoms with Crippen molar-refractivity contribution < 1.29 is 4.39 Å². The molecule has 0 aliphatic carbocycles. The van der Waals surface area contributed by atoms with Crippen LogP contribution in [0.3, 0.4) is 0 Å². The molecule has 0 saturated carbocycles. The molecule has 1 fully saturated rings. The van der Waals surface area contributed by atoms with Crippen LogP contribution in [0.1, 0.15) is 24.8 Å². The Morgan fingerprint density at radius 1 is 1.25 bits per heavy atom. The molecule has 0 spiro atoms. The molecule has 1 heterocycles. The molecule has 1 saturated heterocycles. The Kier molecular flexibility index (Phi) is 5.50. The lowest BCUT2D eigenvalue weighted by Gasteiger charge is -2.20. The van der Waals surface area contributed by atoms with E-state index in [9.17, 15) is 4.39 Å². The van der Waals surface area contributed by atoms with Crippen molar-refractivity contribution in [3.63, 3.8) is 0 Å². The van der Waals surface area contributed by atoms with Crippen LogP contribution in [0.5, 0.6) is 0 Å². The Morgan fingerprint density at radius 2 is 2.06 bits per heavy atom. The second kappa shape index (κ2) is 6.66. The topological polar surface area (TPSA) is 12.0 Å². The number of hydrogen-bond donors (Lipinski definition) is 1. The molecule has 16 heavy (non-hydrogen) atoms. The summed E-state index contributed by atoms with van der Waals surface area (Å²) in [6, 6.07) is 7.28. The van der Waals surface area contributed by atoms with Gasteiger partial charge in [-0.1, -0.05) is 36.8 Å². The third-order valence-corrected chi connectivity index (χ3v) is 2.76. The molecule has 2 rings (SSSR count). The largest absolute Gasteiger partial charge is 0.311 e. The summed E-state index contributed by atoms with van der Waals surface area (Å²) in [5, 5.41) is 3.40. The lowest BCUT2D eigenvalue weighted by atomic mass is 10.0. The molecule has 1 aliphatic rings. The summed E-state index contributed by atoms with van der Waals surface area (Å²) in [4.78, 5) is 0. The zero-order chi connectivity index (χ0) is 10.5. The average Bonchev–Trinajstić information content (AvgIpc) is 2.29. The van der Waals surface area contributed by atoms with Crippen molar-refractivity contribution in [2.24, 2.45) is 0 Å². The zero-order valence-electron chi connectivity index (χ0n) is 9.16. The van der Waals surface area contributed by atoms with Gasteiger partial charge >= 0.3 is 0 Å². The second-order valence-electron chi connectivity index (χ2n) is 3.94. The van der Waals surface area contributed by atoms with Gasteiger partial charge in [-0.05, 0) is 25.5 Å². The molecular formula is C13H17ClFN. The Labute approximate surface area is 102 Å². The first-order chi connectivity index (χ1) is 7.36. The van der Waals surface area contributed by atoms with E-state index >= 15 is 0 Å². The lowest BCUT2D eigenvalue weighted by Crippen LogP contribution is -2.31. The first kappa shape index (κ1) is 13.2. The van der Waals surface area contributed by atoms with Gasteiger partial charge in [-0.3, -0.25) is 0 Å². The minimum Gasteiger partial charge on any atom is -0.311 e. The van der Waals surface area contributed by atoms with E-state index in [4.69, 9.17) is 0 Å². The Morgan fingerprint density at radius 3 is 2.75 bits per heavy atom. The summed E-state index contributed by atoms with van der Waals surface area (Å²) in [7, 11) is 0. The number of rotatable bonds is 2. The van der Waals surface area contributed by atoms with E-state index < -0.39 is 0 Å². The van der Waals surface area contributed by atoms with Crippen LogP contribution in [-0.2, 0) is 0 Å². The number of piperidine rings is 1. The quantitative estimate of drug-likeness (QED) is 0.837. The van der Waals surface area contributed by atoms with Crippen molar-refractivity contribution in [1.82, 2.24) is 5.32 Å². The Balaban J connectivity index is 0.00000128. The molecule has 1 N–H and O–H groups in total. The third kappa shape index (κ3) is 3.62. The van der Waals surface area contributed by atoms with Gasteiger partial charge in [-0.15, -0.1) is 12.4 Å². The van der Waals surface area contributed by atoms with Gasteiger partial charge in [0.1, 0.15) is 5.82 Å². The van der Waals surface area contributed by atoms with Crippen LogP contribution in [0, 0.1) is 5.82 Å². The average molecular weight is 242 g/mol. The summed E-state index contributed by atoms with van der Waals surface area (Å²) in [5.41, 5.74) is 0.671. The molecule has 88 valence electrons. The van der Waals surface area contributed by atoms with Crippen LogP contribution in [0.4, 0.5) is 4.39 Å². The van der Waals surface area contributed by atoms with Crippen molar-refractivity contribution in [2.45, 2.75) is 25.3 Å². The fourth-order valence-electron chi connectivity index (χ4n) is 1.87. The summed E-state index contributed by atoms with van der Waals surface area (Å²) in [6.45, 7) is 1.08. The SMILES string of the molecule is Cl.Fc1ccccc1/C=C/C1CCCCN1.